The van der Waals surface area contributed by atoms with E-state index >= 15 is 0 Å². The second kappa shape index (κ2) is 8.38. The lowest BCUT2D eigenvalue weighted by Crippen LogP contribution is -2.33. The van der Waals surface area contributed by atoms with Crippen LogP contribution in [-0.4, -0.2) is 15.5 Å². The number of thiophene rings is 1. The summed E-state index contributed by atoms with van der Waals surface area (Å²) < 4.78 is 14.8. The quantitative estimate of drug-likeness (QED) is 0.484. The molecular weight excluding hydrogens is 425 g/mol. The van der Waals surface area contributed by atoms with Crippen molar-refractivity contribution in [1.29, 1.82) is 0 Å². The smallest absolute Gasteiger partial charge is 0.271 e. The summed E-state index contributed by atoms with van der Waals surface area (Å²) in [6.07, 6.45) is 1.38. The summed E-state index contributed by atoms with van der Waals surface area (Å²) in [5.41, 5.74) is 2.04. The van der Waals surface area contributed by atoms with Crippen LogP contribution >= 0.6 is 22.9 Å². The molecule has 0 aliphatic carbocycles. The van der Waals surface area contributed by atoms with Crippen LogP contribution in [0.1, 0.15) is 18.5 Å². The fraction of sp³-hybridized carbons (Fsp3) is 0.136. The molecule has 0 saturated heterocycles. The Morgan fingerprint density at radius 3 is 2.60 bits per heavy atom. The van der Waals surface area contributed by atoms with E-state index in [1.807, 2.05) is 18.2 Å². The first-order chi connectivity index (χ1) is 14.4. The van der Waals surface area contributed by atoms with E-state index < -0.39 is 0 Å². The monoisotopic (exact) mass is 441 g/mol. The lowest BCUT2D eigenvalue weighted by Gasteiger charge is -2.14. The zero-order valence-corrected chi connectivity index (χ0v) is 17.5. The molecule has 30 heavy (non-hydrogen) atoms. The summed E-state index contributed by atoms with van der Waals surface area (Å²) in [5, 5.41) is 3.46. The summed E-state index contributed by atoms with van der Waals surface area (Å²) >= 11 is 7.27. The van der Waals surface area contributed by atoms with E-state index in [1.165, 1.54) is 34.4 Å². The summed E-state index contributed by atoms with van der Waals surface area (Å²) in [7, 11) is 0. The Balaban J connectivity index is 1.53. The average molecular weight is 442 g/mol. The third-order valence-electron chi connectivity index (χ3n) is 4.69. The van der Waals surface area contributed by atoms with Crippen LogP contribution in [0.5, 0.6) is 0 Å². The molecule has 0 bridgehead atoms. The molecule has 4 aromatic rings. The maximum atomic E-state index is 13.1. The van der Waals surface area contributed by atoms with Gasteiger partial charge in [0.1, 0.15) is 17.1 Å². The van der Waals surface area contributed by atoms with E-state index in [2.05, 4.69) is 10.3 Å². The van der Waals surface area contributed by atoms with Crippen molar-refractivity contribution in [3.8, 4) is 10.4 Å². The highest BCUT2D eigenvalue weighted by atomic mass is 35.5. The van der Waals surface area contributed by atoms with E-state index in [1.54, 1.807) is 31.2 Å². The number of halogens is 2. The van der Waals surface area contributed by atoms with Crippen molar-refractivity contribution < 1.29 is 9.18 Å². The summed E-state index contributed by atoms with van der Waals surface area (Å²) in [6, 6.07) is 14.8. The first kappa shape index (κ1) is 20.3. The molecular formula is C22H17ClFN3O2S. The second-order valence-corrected chi connectivity index (χ2v) is 8.34. The Morgan fingerprint density at radius 1 is 1.20 bits per heavy atom. The van der Waals surface area contributed by atoms with Crippen LogP contribution in [-0.2, 0) is 11.3 Å². The number of nitrogens with one attached hydrogen (secondary N) is 1. The van der Waals surface area contributed by atoms with Gasteiger partial charge in [-0.3, -0.25) is 14.2 Å². The molecule has 8 heteroatoms. The molecule has 1 N–H and O–H groups in total. The topological polar surface area (TPSA) is 64.0 Å². The van der Waals surface area contributed by atoms with Crippen LogP contribution < -0.4 is 10.9 Å². The van der Waals surface area contributed by atoms with E-state index in [9.17, 15) is 14.0 Å². The molecule has 0 radical (unpaired) electrons. The Labute approximate surface area is 180 Å². The highest BCUT2D eigenvalue weighted by molar-refractivity contribution is 7.22. The average Bonchev–Trinajstić information content (AvgIpc) is 3.16. The van der Waals surface area contributed by atoms with Gasteiger partial charge < -0.3 is 5.32 Å². The summed E-state index contributed by atoms with van der Waals surface area (Å²) in [4.78, 5) is 30.5. The minimum absolute atomic E-state index is 0.151. The normalized spacial score (nSPS) is 12.1. The molecule has 1 amide bonds. The third-order valence-corrected chi connectivity index (χ3v) is 6.11. The number of amides is 1. The highest BCUT2D eigenvalue weighted by Crippen LogP contribution is 2.31. The Bertz CT molecular complexity index is 1270. The van der Waals surface area contributed by atoms with Gasteiger partial charge in [0.2, 0.25) is 5.91 Å². The van der Waals surface area contributed by atoms with E-state index in [0.717, 1.165) is 16.0 Å². The molecule has 0 aliphatic rings. The first-order valence-corrected chi connectivity index (χ1v) is 10.4. The van der Waals surface area contributed by atoms with Gasteiger partial charge in [-0.1, -0.05) is 35.9 Å². The lowest BCUT2D eigenvalue weighted by molar-refractivity contribution is -0.122. The van der Waals surface area contributed by atoms with Crippen molar-refractivity contribution in [3.05, 3.63) is 87.7 Å². The number of hydrogen-bond acceptors (Lipinski definition) is 4. The minimum Gasteiger partial charge on any atom is -0.348 e. The maximum Gasteiger partial charge on any atom is 0.271 e. The van der Waals surface area contributed by atoms with Crippen molar-refractivity contribution in [2.24, 2.45) is 0 Å². The number of nitrogens with zero attached hydrogens (tertiary/aromatic N) is 2. The third kappa shape index (κ3) is 4.27. The molecule has 2 aromatic carbocycles. The number of benzene rings is 2. The highest BCUT2D eigenvalue weighted by Gasteiger charge is 2.14. The van der Waals surface area contributed by atoms with Crippen molar-refractivity contribution in [2.75, 3.05) is 0 Å². The van der Waals surface area contributed by atoms with E-state index in [4.69, 9.17) is 11.6 Å². The van der Waals surface area contributed by atoms with Gasteiger partial charge in [0.15, 0.2) is 0 Å². The number of hydrogen-bond donors (Lipinski definition) is 1. The van der Waals surface area contributed by atoms with Gasteiger partial charge in [0, 0.05) is 9.90 Å². The summed E-state index contributed by atoms with van der Waals surface area (Å²) in [6.45, 7) is 1.65. The molecule has 0 fully saturated rings. The molecule has 4 rings (SSSR count). The minimum atomic E-state index is -0.336. The first-order valence-electron chi connectivity index (χ1n) is 9.20. The molecule has 2 heterocycles. The van der Waals surface area contributed by atoms with Crippen LogP contribution in [0.2, 0.25) is 5.02 Å². The number of carbonyl (C=O) groups excluding carboxylic acids is 1. The van der Waals surface area contributed by atoms with Crippen LogP contribution in [0.3, 0.4) is 0 Å². The number of fused-ring (bicyclic) bond motifs is 1. The molecule has 1 atom stereocenters. The standard InChI is InChI=1S/C22H17ClFN3O2S/c1-13(14-4-8-17(24)9-5-14)26-20(28)11-27-12-25-18-10-19(30-21(18)22(27)29)15-2-6-16(23)7-3-15/h2-10,12-13H,11H2,1H3,(H,26,28)/t13-/m0/s1. The number of carbonyl (C=O) groups is 1. The van der Waals surface area contributed by atoms with Gasteiger partial charge in [-0.25, -0.2) is 9.37 Å². The molecule has 0 unspecified atom stereocenters. The van der Waals surface area contributed by atoms with Crippen molar-refractivity contribution >= 4 is 39.1 Å². The van der Waals surface area contributed by atoms with Crippen LogP contribution in [0.15, 0.2) is 65.7 Å². The van der Waals surface area contributed by atoms with Gasteiger partial charge in [-0.15, -0.1) is 11.3 Å². The van der Waals surface area contributed by atoms with Crippen molar-refractivity contribution in [2.45, 2.75) is 19.5 Å². The maximum absolute atomic E-state index is 13.1. The van der Waals surface area contributed by atoms with Gasteiger partial charge in [0.05, 0.1) is 17.9 Å². The van der Waals surface area contributed by atoms with Crippen LogP contribution in [0.25, 0.3) is 20.7 Å². The van der Waals surface area contributed by atoms with Crippen molar-refractivity contribution in [1.82, 2.24) is 14.9 Å². The molecule has 0 spiro atoms. The lowest BCUT2D eigenvalue weighted by atomic mass is 10.1. The van der Waals surface area contributed by atoms with Crippen LogP contribution in [0.4, 0.5) is 4.39 Å². The zero-order chi connectivity index (χ0) is 21.3. The zero-order valence-electron chi connectivity index (χ0n) is 15.9. The Hall–Kier alpha value is -3.03. The number of rotatable bonds is 5. The SMILES string of the molecule is C[C@H](NC(=O)Cn1cnc2cc(-c3ccc(Cl)cc3)sc2c1=O)c1ccc(F)cc1. The van der Waals surface area contributed by atoms with E-state index in [-0.39, 0.29) is 29.9 Å². The molecule has 5 nitrogen and oxygen atoms in total. The fourth-order valence-electron chi connectivity index (χ4n) is 3.09. The van der Waals surface area contributed by atoms with Gasteiger partial charge in [0.25, 0.3) is 5.56 Å². The molecule has 2 aromatic heterocycles. The molecule has 152 valence electrons. The van der Waals surface area contributed by atoms with Crippen LogP contribution in [0, 0.1) is 5.82 Å². The predicted octanol–water partition coefficient (Wildman–Crippen LogP) is 4.79. The molecule has 0 aliphatic heterocycles. The number of aromatic nitrogens is 2. The van der Waals surface area contributed by atoms with Gasteiger partial charge in [-0.2, -0.15) is 0 Å². The molecule has 0 saturated carbocycles. The fourth-order valence-corrected chi connectivity index (χ4v) is 4.28. The van der Waals surface area contributed by atoms with E-state index in [0.29, 0.717) is 15.2 Å². The Morgan fingerprint density at radius 2 is 1.90 bits per heavy atom. The largest absolute Gasteiger partial charge is 0.348 e. The predicted molar refractivity (Wildman–Crippen MR) is 117 cm³/mol. The summed E-state index contributed by atoms with van der Waals surface area (Å²) in [5.74, 6) is -0.665. The van der Waals surface area contributed by atoms with Gasteiger partial charge in [-0.05, 0) is 48.4 Å². The van der Waals surface area contributed by atoms with Crippen molar-refractivity contribution in [3.63, 3.8) is 0 Å². The Kier molecular flexibility index (Phi) is 5.65. The van der Waals surface area contributed by atoms with Gasteiger partial charge >= 0.3 is 0 Å². The second-order valence-electron chi connectivity index (χ2n) is 6.85.